The van der Waals surface area contributed by atoms with Crippen LogP contribution in [-0.2, 0) is 27.9 Å². The molecule has 0 aromatic carbocycles. The fourth-order valence-corrected chi connectivity index (χ4v) is 9.12. The average molecular weight is 1140 g/mol. The summed E-state index contributed by atoms with van der Waals surface area (Å²) < 4.78 is 30.7. The van der Waals surface area contributed by atoms with E-state index in [-0.39, 0.29) is 37.9 Å². The van der Waals surface area contributed by atoms with Gasteiger partial charge in [-0.15, -0.1) is 0 Å². The number of phosphoric acid groups is 1. The van der Waals surface area contributed by atoms with Gasteiger partial charge in [-0.25, -0.2) is 4.57 Å². The van der Waals surface area contributed by atoms with Crippen molar-refractivity contribution in [1.29, 1.82) is 0 Å². The maximum atomic E-state index is 13.6. The van der Waals surface area contributed by atoms with Gasteiger partial charge in [0.25, 0.3) is 0 Å². The lowest BCUT2D eigenvalue weighted by Crippen LogP contribution is -2.47. The fourth-order valence-electron chi connectivity index (χ4n) is 8.38. The second-order valence-corrected chi connectivity index (χ2v) is 23.6. The van der Waals surface area contributed by atoms with Crippen molar-refractivity contribution in [3.8, 4) is 0 Å². The summed E-state index contributed by atoms with van der Waals surface area (Å²) in [6.07, 6.45) is 85.6. The molecule has 0 spiro atoms. The summed E-state index contributed by atoms with van der Waals surface area (Å²) in [5.74, 6) is -0.583. The number of phosphoric ester groups is 1. The molecule has 0 bridgehead atoms. The average Bonchev–Trinajstić information content (AvgIpc) is 3.44. The van der Waals surface area contributed by atoms with Gasteiger partial charge in [-0.3, -0.25) is 18.6 Å². The Hall–Kier alpha value is -4.11. The second kappa shape index (κ2) is 59.1. The van der Waals surface area contributed by atoms with Crippen molar-refractivity contribution in [3.05, 3.63) is 146 Å². The van der Waals surface area contributed by atoms with Gasteiger partial charge >= 0.3 is 13.8 Å². The monoisotopic (exact) mass is 1140 g/mol. The summed E-state index contributed by atoms with van der Waals surface area (Å²) in [5.41, 5.74) is 0. The van der Waals surface area contributed by atoms with E-state index in [1.807, 2.05) is 33.3 Å². The molecule has 0 saturated heterocycles. The van der Waals surface area contributed by atoms with Gasteiger partial charge < -0.3 is 19.4 Å². The first-order valence-corrected chi connectivity index (χ1v) is 33.7. The summed E-state index contributed by atoms with van der Waals surface area (Å²) in [6.45, 7) is 6.72. The zero-order valence-corrected chi connectivity index (χ0v) is 53.4. The van der Waals surface area contributed by atoms with Gasteiger partial charge in [-0.05, 0) is 128 Å². The van der Waals surface area contributed by atoms with Crippen molar-refractivity contribution in [2.24, 2.45) is 0 Å². The van der Waals surface area contributed by atoms with Crippen molar-refractivity contribution in [1.82, 2.24) is 5.32 Å². The lowest BCUT2D eigenvalue weighted by atomic mass is 10.0. The van der Waals surface area contributed by atoms with Crippen LogP contribution in [0.25, 0.3) is 0 Å². The van der Waals surface area contributed by atoms with Crippen LogP contribution in [0.4, 0.5) is 0 Å². The van der Waals surface area contributed by atoms with Gasteiger partial charge in [-0.1, -0.05) is 244 Å². The van der Waals surface area contributed by atoms with Crippen LogP contribution in [0.3, 0.4) is 0 Å². The van der Waals surface area contributed by atoms with Crippen molar-refractivity contribution >= 4 is 19.7 Å². The number of amides is 1. The molecule has 3 unspecified atom stereocenters. The lowest BCUT2D eigenvalue weighted by Gasteiger charge is -2.27. The number of esters is 1. The third kappa shape index (κ3) is 60.3. The van der Waals surface area contributed by atoms with Crippen molar-refractivity contribution < 1.29 is 37.3 Å². The number of hydrogen-bond acceptors (Lipinski definition) is 6. The molecule has 0 radical (unpaired) electrons. The Labute approximate surface area is 498 Å². The van der Waals surface area contributed by atoms with Crippen LogP contribution in [0.15, 0.2) is 146 Å². The van der Waals surface area contributed by atoms with E-state index in [9.17, 15) is 19.0 Å². The van der Waals surface area contributed by atoms with Crippen molar-refractivity contribution in [3.63, 3.8) is 0 Å². The Morgan fingerprint density at radius 3 is 1.20 bits per heavy atom. The van der Waals surface area contributed by atoms with Crippen LogP contribution < -0.4 is 5.32 Å². The Bertz CT molecular complexity index is 1890. The minimum atomic E-state index is -4.48. The molecular formula is C71H120N2O7P+. The number of nitrogens with zero attached hydrogens (tertiary/aromatic N) is 1. The molecule has 0 rings (SSSR count). The summed E-state index contributed by atoms with van der Waals surface area (Å²) >= 11 is 0. The molecule has 0 saturated carbocycles. The molecule has 0 aliphatic rings. The SMILES string of the molecule is CC/C=C\C/C=C\C/C=C\C/C=C\C/C=C\C/C=C\CCCCCCC(=O)NC(COP(=O)(O)OCC[N+](C)(C)C)C(/C=C\CCCCCCCCCCCCC)OC(=O)CCCCC/C=C\C/C=C\C/C=C\C/C=C\C/C=C\CC. The third-order valence-corrected chi connectivity index (χ3v) is 14.3. The predicted octanol–water partition coefficient (Wildman–Crippen LogP) is 20.2. The van der Waals surface area contributed by atoms with Gasteiger partial charge in [0.05, 0.1) is 33.8 Å². The van der Waals surface area contributed by atoms with Crippen molar-refractivity contribution in [2.75, 3.05) is 40.9 Å². The van der Waals surface area contributed by atoms with Gasteiger partial charge in [0, 0.05) is 12.8 Å². The van der Waals surface area contributed by atoms with Crippen LogP contribution >= 0.6 is 7.82 Å². The molecule has 1 amide bonds. The number of nitrogens with one attached hydrogen (secondary N) is 1. The van der Waals surface area contributed by atoms with Gasteiger partial charge in [0.2, 0.25) is 5.91 Å². The van der Waals surface area contributed by atoms with E-state index in [2.05, 4.69) is 160 Å². The number of quaternary nitrogens is 1. The molecule has 460 valence electrons. The first-order chi connectivity index (χ1) is 39.4. The summed E-state index contributed by atoms with van der Waals surface area (Å²) in [6, 6.07) is -0.888. The third-order valence-electron chi connectivity index (χ3n) is 13.3. The van der Waals surface area contributed by atoms with Gasteiger partial charge in [-0.2, -0.15) is 0 Å². The smallest absolute Gasteiger partial charge is 0.456 e. The molecule has 0 heterocycles. The van der Waals surface area contributed by atoms with E-state index in [0.717, 1.165) is 135 Å². The Morgan fingerprint density at radius 2 is 0.790 bits per heavy atom. The van der Waals surface area contributed by atoms with Gasteiger partial charge in [0.1, 0.15) is 19.3 Å². The van der Waals surface area contributed by atoms with Gasteiger partial charge in [0.15, 0.2) is 0 Å². The van der Waals surface area contributed by atoms with E-state index >= 15 is 0 Å². The minimum Gasteiger partial charge on any atom is -0.456 e. The molecule has 3 atom stereocenters. The maximum absolute atomic E-state index is 13.6. The quantitative estimate of drug-likeness (QED) is 0.0205. The highest BCUT2D eigenvalue weighted by Gasteiger charge is 2.30. The molecule has 0 aliphatic carbocycles. The normalized spacial score (nSPS) is 14.6. The molecule has 0 aliphatic heterocycles. The Morgan fingerprint density at radius 1 is 0.444 bits per heavy atom. The summed E-state index contributed by atoms with van der Waals surface area (Å²) in [4.78, 5) is 37.8. The number of unbranched alkanes of at least 4 members (excludes halogenated alkanes) is 18. The van der Waals surface area contributed by atoms with Crippen LogP contribution in [0.2, 0.25) is 0 Å². The molecule has 9 nitrogen and oxygen atoms in total. The first-order valence-electron chi connectivity index (χ1n) is 32.2. The standard InChI is InChI=1S/C71H119N2O7P/c1-7-10-13-16-19-22-25-28-30-32-34-35-36-37-39-40-42-45-48-51-54-57-60-63-70(74)72-68(67-79-81(76,77)78-66-65-73(4,5)6)69(62-59-56-53-50-47-44-27-24-21-18-15-12-9-3)80-71(75)64-61-58-55-52-49-46-43-41-38-33-31-29-26-23-20-17-14-11-8-2/h10-11,13-14,19-20,22-23,28-31,34-35,37-39,41-42,45-46,49,59,62,68-69H,7-9,12,15-18,21,24-27,32-33,36,40,43-44,47-48,50-58,60-61,63-67H2,1-6H3,(H-,72,74,76,77)/p+1/b13-10-,14-11-,22-19-,23-20-,30-28-,31-29-,35-34-,39-37-,41-38-,45-42-,49-46-,62-59-. The molecule has 81 heavy (non-hydrogen) atoms. The number of carbonyl (C=O) groups excluding carboxylic acids is 2. The topological polar surface area (TPSA) is 111 Å². The molecule has 2 N–H and O–H groups in total. The number of ether oxygens (including phenoxy) is 1. The Balaban J connectivity index is 5.38. The van der Waals surface area contributed by atoms with Crippen LogP contribution in [0.1, 0.15) is 239 Å². The highest BCUT2D eigenvalue weighted by Crippen LogP contribution is 2.43. The fraction of sp³-hybridized carbons (Fsp3) is 0.634. The van der Waals surface area contributed by atoms with E-state index in [0.29, 0.717) is 23.9 Å². The summed E-state index contributed by atoms with van der Waals surface area (Å²) in [5, 5.41) is 3.03. The maximum Gasteiger partial charge on any atom is 0.472 e. The zero-order valence-electron chi connectivity index (χ0n) is 52.5. The molecule has 0 aromatic rings. The molecule has 10 heteroatoms. The second-order valence-electron chi connectivity index (χ2n) is 22.2. The first kappa shape index (κ1) is 76.9. The largest absolute Gasteiger partial charge is 0.472 e. The zero-order chi connectivity index (χ0) is 59.3. The number of allylic oxidation sites excluding steroid dienone is 23. The van der Waals surface area contributed by atoms with E-state index in [1.165, 1.54) is 57.8 Å². The molecule has 0 fully saturated rings. The van der Waals surface area contributed by atoms with Crippen LogP contribution in [0, 0.1) is 0 Å². The molecular weight excluding hydrogens is 1020 g/mol. The van der Waals surface area contributed by atoms with Crippen molar-refractivity contribution in [2.45, 2.75) is 251 Å². The highest BCUT2D eigenvalue weighted by atomic mass is 31.2. The number of hydrogen-bond donors (Lipinski definition) is 2. The number of likely N-dealkylation sites (N-methyl/N-ethyl adjacent to an activating group) is 1. The minimum absolute atomic E-state index is 0.0206. The Kier molecular flexibility index (Phi) is 56.1. The van der Waals surface area contributed by atoms with Crippen LogP contribution in [-0.4, -0.2) is 74.3 Å². The summed E-state index contributed by atoms with van der Waals surface area (Å²) in [7, 11) is 1.43. The van der Waals surface area contributed by atoms with E-state index < -0.39 is 20.0 Å². The van der Waals surface area contributed by atoms with E-state index in [1.54, 1.807) is 0 Å². The number of carbonyl (C=O) groups is 2. The highest BCUT2D eigenvalue weighted by molar-refractivity contribution is 7.47. The van der Waals surface area contributed by atoms with Crippen LogP contribution in [0.5, 0.6) is 0 Å². The number of rotatable bonds is 56. The van der Waals surface area contributed by atoms with E-state index in [4.69, 9.17) is 13.8 Å². The lowest BCUT2D eigenvalue weighted by molar-refractivity contribution is -0.870. The molecule has 0 aromatic heterocycles. The predicted molar refractivity (Wildman–Crippen MR) is 350 cm³/mol.